The zero-order chi connectivity index (χ0) is 25.6. The van der Waals surface area contributed by atoms with Crippen LogP contribution in [0.5, 0.6) is 0 Å². The summed E-state index contributed by atoms with van der Waals surface area (Å²) in [6.45, 7) is 4.37. The van der Waals surface area contributed by atoms with E-state index in [1.54, 1.807) is 18.2 Å². The van der Waals surface area contributed by atoms with E-state index >= 15 is 0 Å². The minimum Gasteiger partial charge on any atom is -0.480 e. The van der Waals surface area contributed by atoms with Gasteiger partial charge in [-0.3, -0.25) is 4.79 Å². The van der Waals surface area contributed by atoms with Crippen molar-refractivity contribution in [1.29, 1.82) is 0 Å². The quantitative estimate of drug-likeness (QED) is 0.195. The van der Waals surface area contributed by atoms with Crippen LogP contribution < -0.4 is 0 Å². The Morgan fingerprint density at radius 2 is 1.14 bits per heavy atom. The number of fused-ring (bicyclic) bond motifs is 1. The van der Waals surface area contributed by atoms with Crippen molar-refractivity contribution in [3.05, 3.63) is 42.5 Å². The van der Waals surface area contributed by atoms with E-state index in [9.17, 15) is 18.3 Å². The average molecular weight is 503 g/mol. The Morgan fingerprint density at radius 1 is 0.686 bits per heavy atom. The molecule has 0 bridgehead atoms. The van der Waals surface area contributed by atoms with Gasteiger partial charge in [0.1, 0.15) is 0 Å². The molecule has 4 nitrogen and oxygen atoms in total. The number of rotatable bonds is 19. The summed E-state index contributed by atoms with van der Waals surface area (Å²) < 4.78 is 26.5. The fraction of sp³-hybridized carbons (Fsp3) is 0.633. The minimum absolute atomic E-state index is 0.156. The second-order valence-corrected chi connectivity index (χ2v) is 12.3. The predicted molar refractivity (Wildman–Crippen MR) is 147 cm³/mol. The molecule has 0 fully saturated rings. The number of benzene rings is 2. The first kappa shape index (κ1) is 29.4. The molecule has 2 rings (SSSR count). The van der Waals surface area contributed by atoms with Gasteiger partial charge in [-0.2, -0.15) is 0 Å². The van der Waals surface area contributed by atoms with Gasteiger partial charge in [-0.25, -0.2) is 8.42 Å². The predicted octanol–water partition coefficient (Wildman–Crippen LogP) is 8.72. The van der Waals surface area contributed by atoms with Gasteiger partial charge in [-0.15, -0.1) is 0 Å². The number of carbonyl (C=O) groups is 1. The Morgan fingerprint density at radius 3 is 1.66 bits per heavy atom. The average Bonchev–Trinajstić information content (AvgIpc) is 2.85. The third-order valence-corrected chi connectivity index (χ3v) is 9.86. The van der Waals surface area contributed by atoms with Crippen LogP contribution in [0.2, 0.25) is 0 Å². The molecule has 0 saturated heterocycles. The van der Waals surface area contributed by atoms with E-state index in [1.165, 1.54) is 38.5 Å². The molecule has 0 amide bonds. The smallest absolute Gasteiger partial charge is 0.325 e. The summed E-state index contributed by atoms with van der Waals surface area (Å²) in [5.41, 5.74) is 0. The van der Waals surface area contributed by atoms with E-state index in [4.69, 9.17) is 0 Å². The van der Waals surface area contributed by atoms with Crippen molar-refractivity contribution in [1.82, 2.24) is 0 Å². The standard InChI is InChI=1S/C30H46O4S/c1-3-5-7-9-11-13-17-24-30(29(31)32,25-18-14-12-10-8-6-4-2)35(33,34)28-23-19-21-26-20-15-16-22-27(26)28/h15-16,19-23H,3-14,17-18,24-25H2,1-2H3,(H,31,32). The van der Waals surface area contributed by atoms with Crippen LogP contribution in [-0.4, -0.2) is 24.2 Å². The molecule has 0 unspecified atom stereocenters. The maximum absolute atomic E-state index is 14.1. The van der Waals surface area contributed by atoms with Gasteiger partial charge in [-0.1, -0.05) is 140 Å². The molecule has 1 N–H and O–H groups in total. The summed E-state index contributed by atoms with van der Waals surface area (Å²) >= 11 is 0. The van der Waals surface area contributed by atoms with Crippen LogP contribution in [0, 0.1) is 0 Å². The van der Waals surface area contributed by atoms with Crippen LogP contribution in [0.3, 0.4) is 0 Å². The van der Waals surface area contributed by atoms with Gasteiger partial charge in [0.05, 0.1) is 4.90 Å². The number of carboxylic acid groups (broad SMARTS) is 1. The summed E-state index contributed by atoms with van der Waals surface area (Å²) in [7, 11) is -4.09. The van der Waals surface area contributed by atoms with E-state index in [0.717, 1.165) is 43.9 Å². The highest BCUT2D eigenvalue weighted by molar-refractivity contribution is 7.93. The molecule has 0 aliphatic heterocycles. The third-order valence-electron chi connectivity index (χ3n) is 7.31. The number of unbranched alkanes of at least 4 members (excludes halogenated alkanes) is 12. The van der Waals surface area contributed by atoms with Gasteiger partial charge in [0.15, 0.2) is 14.6 Å². The summed E-state index contributed by atoms with van der Waals surface area (Å²) in [5.74, 6) is -1.19. The lowest BCUT2D eigenvalue weighted by Crippen LogP contribution is -2.46. The summed E-state index contributed by atoms with van der Waals surface area (Å²) in [5, 5.41) is 11.9. The number of carboxylic acids is 1. The van der Waals surface area contributed by atoms with Crippen LogP contribution in [0.25, 0.3) is 10.8 Å². The van der Waals surface area contributed by atoms with Crippen molar-refractivity contribution in [3.63, 3.8) is 0 Å². The topological polar surface area (TPSA) is 71.4 Å². The lowest BCUT2D eigenvalue weighted by Gasteiger charge is -2.30. The molecular formula is C30H46O4S. The molecule has 5 heteroatoms. The number of sulfone groups is 1. The first-order valence-electron chi connectivity index (χ1n) is 13.9. The maximum atomic E-state index is 14.1. The van der Waals surface area contributed by atoms with Gasteiger partial charge >= 0.3 is 5.97 Å². The largest absolute Gasteiger partial charge is 0.480 e. The second-order valence-electron chi connectivity index (χ2n) is 10.0. The van der Waals surface area contributed by atoms with Crippen LogP contribution >= 0.6 is 0 Å². The van der Waals surface area contributed by atoms with Crippen molar-refractivity contribution in [3.8, 4) is 0 Å². The fourth-order valence-electron chi connectivity index (χ4n) is 5.10. The molecule has 0 heterocycles. The maximum Gasteiger partial charge on any atom is 0.325 e. The Balaban J connectivity index is 2.26. The highest BCUT2D eigenvalue weighted by Crippen LogP contribution is 2.39. The number of hydrogen-bond donors (Lipinski definition) is 1. The molecule has 0 atom stereocenters. The molecule has 0 aromatic heterocycles. The Bertz CT molecular complexity index is 973. The van der Waals surface area contributed by atoms with Gasteiger partial charge in [0.2, 0.25) is 0 Å². The van der Waals surface area contributed by atoms with Crippen molar-refractivity contribution < 1.29 is 18.3 Å². The van der Waals surface area contributed by atoms with E-state index < -0.39 is 20.6 Å². The zero-order valence-corrected chi connectivity index (χ0v) is 22.8. The second kappa shape index (κ2) is 15.3. The molecule has 0 spiro atoms. The number of hydrogen-bond acceptors (Lipinski definition) is 3. The Kier molecular flexibility index (Phi) is 12.8. The summed E-state index contributed by atoms with van der Waals surface area (Å²) in [4.78, 5) is 13.0. The van der Waals surface area contributed by atoms with Crippen molar-refractivity contribution in [2.24, 2.45) is 0 Å². The molecule has 0 aliphatic carbocycles. The van der Waals surface area contributed by atoms with Gasteiger partial charge < -0.3 is 5.11 Å². The number of aliphatic carboxylic acids is 1. The zero-order valence-electron chi connectivity index (χ0n) is 21.9. The first-order valence-corrected chi connectivity index (χ1v) is 15.3. The highest BCUT2D eigenvalue weighted by Gasteiger charge is 2.51. The molecule has 2 aromatic carbocycles. The SMILES string of the molecule is CCCCCCCCCC(CCCCCCCCC)(C(=O)O)S(=O)(=O)c1cccc2ccccc12. The van der Waals surface area contributed by atoms with Crippen LogP contribution in [-0.2, 0) is 14.6 Å². The van der Waals surface area contributed by atoms with Crippen LogP contribution in [0.4, 0.5) is 0 Å². The Labute approximate surface area is 213 Å². The molecule has 35 heavy (non-hydrogen) atoms. The van der Waals surface area contributed by atoms with Gasteiger partial charge in [0.25, 0.3) is 0 Å². The lowest BCUT2D eigenvalue weighted by molar-refractivity contribution is -0.140. The van der Waals surface area contributed by atoms with Crippen molar-refractivity contribution >= 4 is 26.6 Å². The minimum atomic E-state index is -4.09. The van der Waals surface area contributed by atoms with E-state index in [-0.39, 0.29) is 17.7 Å². The molecular weight excluding hydrogens is 456 g/mol. The van der Waals surface area contributed by atoms with Crippen LogP contribution in [0.1, 0.15) is 117 Å². The Hall–Kier alpha value is -1.88. The van der Waals surface area contributed by atoms with E-state index in [0.29, 0.717) is 18.2 Å². The lowest BCUT2D eigenvalue weighted by atomic mass is 9.93. The highest BCUT2D eigenvalue weighted by atomic mass is 32.2. The molecule has 0 radical (unpaired) electrons. The van der Waals surface area contributed by atoms with E-state index in [2.05, 4.69) is 13.8 Å². The normalized spacial score (nSPS) is 12.3. The monoisotopic (exact) mass is 502 g/mol. The summed E-state index contributed by atoms with van der Waals surface area (Å²) in [6.07, 6.45) is 14.8. The fourth-order valence-corrected chi connectivity index (χ4v) is 7.31. The van der Waals surface area contributed by atoms with Crippen LogP contribution in [0.15, 0.2) is 47.4 Å². The van der Waals surface area contributed by atoms with Crippen molar-refractivity contribution in [2.75, 3.05) is 0 Å². The van der Waals surface area contributed by atoms with Crippen molar-refractivity contribution in [2.45, 2.75) is 126 Å². The van der Waals surface area contributed by atoms with Gasteiger partial charge in [-0.05, 0) is 24.3 Å². The van der Waals surface area contributed by atoms with Gasteiger partial charge in [0, 0.05) is 5.39 Å². The molecule has 0 saturated carbocycles. The summed E-state index contributed by atoms with van der Waals surface area (Å²) in [6, 6.07) is 12.5. The van der Waals surface area contributed by atoms with E-state index in [1.807, 2.05) is 24.3 Å². The molecule has 0 aliphatic rings. The first-order chi connectivity index (χ1) is 16.9. The molecule has 196 valence electrons. The third kappa shape index (κ3) is 8.06. The molecule has 2 aromatic rings.